The predicted molar refractivity (Wildman–Crippen MR) is 127 cm³/mol. The minimum absolute atomic E-state index is 1.02. The highest BCUT2D eigenvalue weighted by Crippen LogP contribution is 2.42. The summed E-state index contributed by atoms with van der Waals surface area (Å²) in [5.74, 6) is 0. The van der Waals surface area contributed by atoms with Crippen molar-refractivity contribution in [1.82, 2.24) is 0 Å². The molecule has 0 N–H and O–H groups in total. The SMILES string of the molecule is c1ccc(N(c2ccc3c(c2)-c2ccccc2C3)c2ccc3ccccc3c2)cc1. The Balaban J connectivity index is 1.54. The van der Waals surface area contributed by atoms with Gasteiger partial charge in [-0.1, -0.05) is 78.9 Å². The van der Waals surface area contributed by atoms with Gasteiger partial charge in [0.2, 0.25) is 0 Å². The molecule has 0 heterocycles. The molecule has 5 aromatic carbocycles. The van der Waals surface area contributed by atoms with E-state index in [0.29, 0.717) is 0 Å². The molecule has 0 bridgehead atoms. The Morgan fingerprint density at radius 2 is 1.10 bits per heavy atom. The van der Waals surface area contributed by atoms with Crippen molar-refractivity contribution >= 4 is 27.8 Å². The lowest BCUT2D eigenvalue weighted by Gasteiger charge is -2.26. The van der Waals surface area contributed by atoms with Crippen molar-refractivity contribution in [2.75, 3.05) is 4.90 Å². The third-order valence-corrected chi connectivity index (χ3v) is 6.05. The molecule has 5 aromatic rings. The van der Waals surface area contributed by atoms with Crippen LogP contribution in [0.3, 0.4) is 0 Å². The lowest BCUT2D eigenvalue weighted by Crippen LogP contribution is -2.10. The van der Waals surface area contributed by atoms with Gasteiger partial charge in [-0.25, -0.2) is 0 Å². The molecular weight excluding hydrogens is 362 g/mol. The fourth-order valence-corrected chi connectivity index (χ4v) is 4.59. The summed E-state index contributed by atoms with van der Waals surface area (Å²) in [4.78, 5) is 2.35. The number of rotatable bonds is 3. The molecule has 6 rings (SSSR count). The first kappa shape index (κ1) is 17.1. The van der Waals surface area contributed by atoms with Crippen LogP contribution in [0.5, 0.6) is 0 Å². The summed E-state index contributed by atoms with van der Waals surface area (Å²) in [5.41, 5.74) is 9.07. The lowest BCUT2D eigenvalue weighted by atomic mass is 10.0. The molecule has 1 nitrogen and oxygen atoms in total. The van der Waals surface area contributed by atoms with Crippen LogP contribution in [0.4, 0.5) is 17.1 Å². The van der Waals surface area contributed by atoms with Crippen LogP contribution >= 0.6 is 0 Å². The summed E-state index contributed by atoms with van der Waals surface area (Å²) < 4.78 is 0. The standard InChI is InChI=1S/C29H21N/c1-2-11-25(12-3-1)30(26-16-14-21-8-4-5-9-22(21)19-26)27-17-15-24-18-23-10-6-7-13-28(23)29(24)20-27/h1-17,19-20H,18H2. The van der Waals surface area contributed by atoms with E-state index in [-0.39, 0.29) is 0 Å². The van der Waals surface area contributed by atoms with Crippen molar-refractivity contribution in [3.05, 3.63) is 126 Å². The van der Waals surface area contributed by atoms with Crippen LogP contribution in [-0.2, 0) is 6.42 Å². The predicted octanol–water partition coefficient (Wildman–Crippen LogP) is 7.88. The van der Waals surface area contributed by atoms with E-state index in [9.17, 15) is 0 Å². The van der Waals surface area contributed by atoms with E-state index in [1.807, 2.05) is 0 Å². The van der Waals surface area contributed by atoms with Crippen LogP contribution in [0.1, 0.15) is 11.1 Å². The maximum absolute atomic E-state index is 2.35. The zero-order valence-electron chi connectivity index (χ0n) is 16.6. The molecule has 0 aromatic heterocycles. The van der Waals surface area contributed by atoms with Gasteiger partial charge in [0.1, 0.15) is 0 Å². The van der Waals surface area contributed by atoms with Gasteiger partial charge in [0.25, 0.3) is 0 Å². The van der Waals surface area contributed by atoms with E-state index in [1.54, 1.807) is 0 Å². The van der Waals surface area contributed by atoms with E-state index >= 15 is 0 Å². The Labute approximate surface area is 176 Å². The van der Waals surface area contributed by atoms with Crippen molar-refractivity contribution in [2.24, 2.45) is 0 Å². The molecule has 1 heteroatoms. The molecule has 0 saturated heterocycles. The normalized spacial score (nSPS) is 11.9. The Morgan fingerprint density at radius 3 is 2.00 bits per heavy atom. The number of hydrogen-bond donors (Lipinski definition) is 0. The topological polar surface area (TPSA) is 3.24 Å². The molecule has 0 aliphatic heterocycles. The summed E-state index contributed by atoms with van der Waals surface area (Å²) in [5, 5.41) is 2.51. The number of fused-ring (bicyclic) bond motifs is 4. The summed E-state index contributed by atoms with van der Waals surface area (Å²) >= 11 is 0. The highest BCUT2D eigenvalue weighted by atomic mass is 15.1. The van der Waals surface area contributed by atoms with Gasteiger partial charge in [0.05, 0.1) is 0 Å². The summed E-state index contributed by atoms with van der Waals surface area (Å²) in [6, 6.07) is 41.5. The van der Waals surface area contributed by atoms with Crippen molar-refractivity contribution in [2.45, 2.75) is 6.42 Å². The minimum Gasteiger partial charge on any atom is -0.310 e. The van der Waals surface area contributed by atoms with Crippen LogP contribution in [0.25, 0.3) is 21.9 Å². The molecule has 0 atom stereocenters. The second kappa shape index (κ2) is 6.89. The Bertz CT molecular complexity index is 1370. The smallest absolute Gasteiger partial charge is 0.0468 e. The first-order valence-electron chi connectivity index (χ1n) is 10.4. The Kier molecular flexibility index (Phi) is 3.92. The van der Waals surface area contributed by atoms with Crippen LogP contribution in [-0.4, -0.2) is 0 Å². The Hall–Kier alpha value is -3.84. The van der Waals surface area contributed by atoms with Gasteiger partial charge in [0.15, 0.2) is 0 Å². The van der Waals surface area contributed by atoms with Gasteiger partial charge in [-0.05, 0) is 75.8 Å². The number of para-hydroxylation sites is 1. The monoisotopic (exact) mass is 383 g/mol. The van der Waals surface area contributed by atoms with E-state index in [4.69, 9.17) is 0 Å². The molecular formula is C29H21N. The van der Waals surface area contributed by atoms with Crippen molar-refractivity contribution in [3.63, 3.8) is 0 Å². The first-order chi connectivity index (χ1) is 14.9. The van der Waals surface area contributed by atoms with Crippen molar-refractivity contribution < 1.29 is 0 Å². The van der Waals surface area contributed by atoms with E-state index in [2.05, 4.69) is 120 Å². The van der Waals surface area contributed by atoms with E-state index in [0.717, 1.165) is 6.42 Å². The molecule has 1 aliphatic rings. The number of nitrogens with zero attached hydrogens (tertiary/aromatic N) is 1. The molecule has 0 unspecified atom stereocenters. The van der Waals surface area contributed by atoms with Gasteiger partial charge >= 0.3 is 0 Å². The fraction of sp³-hybridized carbons (Fsp3) is 0.0345. The van der Waals surface area contributed by atoms with Gasteiger partial charge in [-0.15, -0.1) is 0 Å². The quantitative estimate of drug-likeness (QED) is 0.300. The minimum atomic E-state index is 1.02. The highest BCUT2D eigenvalue weighted by molar-refractivity contribution is 5.90. The third-order valence-electron chi connectivity index (χ3n) is 6.05. The second-order valence-corrected chi connectivity index (χ2v) is 7.88. The second-order valence-electron chi connectivity index (χ2n) is 7.88. The molecule has 0 radical (unpaired) electrons. The van der Waals surface area contributed by atoms with Crippen LogP contribution in [0.2, 0.25) is 0 Å². The maximum atomic E-state index is 2.35. The maximum Gasteiger partial charge on any atom is 0.0468 e. The van der Waals surface area contributed by atoms with Crippen LogP contribution < -0.4 is 4.90 Å². The molecule has 0 spiro atoms. The highest BCUT2D eigenvalue weighted by Gasteiger charge is 2.20. The van der Waals surface area contributed by atoms with Crippen molar-refractivity contribution in [1.29, 1.82) is 0 Å². The van der Waals surface area contributed by atoms with E-state index in [1.165, 1.54) is 50.1 Å². The molecule has 0 saturated carbocycles. The van der Waals surface area contributed by atoms with Gasteiger partial charge < -0.3 is 4.90 Å². The Morgan fingerprint density at radius 1 is 0.433 bits per heavy atom. The van der Waals surface area contributed by atoms with Gasteiger partial charge in [-0.2, -0.15) is 0 Å². The zero-order valence-corrected chi connectivity index (χ0v) is 16.6. The molecule has 142 valence electrons. The zero-order chi connectivity index (χ0) is 19.9. The summed E-state index contributed by atoms with van der Waals surface area (Å²) in [7, 11) is 0. The molecule has 30 heavy (non-hydrogen) atoms. The fourth-order valence-electron chi connectivity index (χ4n) is 4.59. The van der Waals surface area contributed by atoms with E-state index < -0.39 is 0 Å². The largest absolute Gasteiger partial charge is 0.310 e. The van der Waals surface area contributed by atoms with Gasteiger partial charge in [-0.3, -0.25) is 0 Å². The van der Waals surface area contributed by atoms with Gasteiger partial charge in [0, 0.05) is 17.1 Å². The molecule has 0 amide bonds. The van der Waals surface area contributed by atoms with Crippen LogP contribution in [0, 0.1) is 0 Å². The van der Waals surface area contributed by atoms with Crippen LogP contribution in [0.15, 0.2) is 115 Å². The number of hydrogen-bond acceptors (Lipinski definition) is 1. The number of benzene rings is 5. The molecule has 0 fully saturated rings. The first-order valence-corrected chi connectivity index (χ1v) is 10.4. The lowest BCUT2D eigenvalue weighted by molar-refractivity contribution is 1.25. The summed E-state index contributed by atoms with van der Waals surface area (Å²) in [6.45, 7) is 0. The number of anilines is 3. The average Bonchev–Trinajstić information content (AvgIpc) is 3.18. The van der Waals surface area contributed by atoms with Crippen molar-refractivity contribution in [3.8, 4) is 11.1 Å². The average molecular weight is 383 g/mol. The molecule has 1 aliphatic carbocycles. The summed E-state index contributed by atoms with van der Waals surface area (Å²) in [6.07, 6.45) is 1.02. The third kappa shape index (κ3) is 2.79.